The van der Waals surface area contributed by atoms with E-state index in [0.29, 0.717) is 0 Å². The van der Waals surface area contributed by atoms with Gasteiger partial charge in [-0.1, -0.05) is 33.1 Å². The molecule has 2 nitrogen and oxygen atoms in total. The first-order valence-corrected chi connectivity index (χ1v) is 5.48. The molecule has 0 amide bonds. The highest BCUT2D eigenvalue weighted by Crippen LogP contribution is 2.27. The Labute approximate surface area is 80.7 Å². The Morgan fingerprint density at radius 2 is 2.15 bits per heavy atom. The van der Waals surface area contributed by atoms with Gasteiger partial charge in [0.15, 0.2) is 0 Å². The van der Waals surface area contributed by atoms with Gasteiger partial charge < -0.3 is 4.74 Å². The minimum Gasteiger partial charge on any atom is -0.462 e. The Bertz CT molecular complexity index is 165. The third-order valence-corrected chi connectivity index (χ3v) is 2.78. The van der Waals surface area contributed by atoms with E-state index in [1.54, 1.807) is 0 Å². The van der Waals surface area contributed by atoms with Crippen molar-refractivity contribution in [2.24, 2.45) is 5.92 Å². The predicted molar refractivity (Wildman–Crippen MR) is 52.4 cm³/mol. The molecular weight excluding hydrogens is 164 g/mol. The van der Waals surface area contributed by atoms with Crippen LogP contribution in [0.25, 0.3) is 0 Å². The molecule has 2 unspecified atom stereocenters. The molecule has 1 heterocycles. The fourth-order valence-corrected chi connectivity index (χ4v) is 1.85. The van der Waals surface area contributed by atoms with E-state index < -0.39 is 0 Å². The third kappa shape index (κ3) is 3.02. The molecular formula is C11H20O2. The van der Waals surface area contributed by atoms with Gasteiger partial charge in [0.05, 0.1) is 5.92 Å². The summed E-state index contributed by atoms with van der Waals surface area (Å²) in [5.74, 6) is 0.249. The van der Waals surface area contributed by atoms with Gasteiger partial charge in [0.1, 0.15) is 6.10 Å². The molecule has 0 aromatic heterocycles. The molecule has 0 aromatic carbocycles. The number of rotatable bonds is 5. The normalized spacial score (nSPS) is 27.7. The number of cyclic esters (lactones) is 1. The largest absolute Gasteiger partial charge is 0.462 e. The molecule has 2 heteroatoms. The minimum absolute atomic E-state index is 0.0444. The second-order valence-electron chi connectivity index (χ2n) is 3.90. The molecule has 0 saturated carbocycles. The molecule has 76 valence electrons. The lowest BCUT2D eigenvalue weighted by Gasteiger charge is -2.03. The average molecular weight is 184 g/mol. The maximum atomic E-state index is 11.3. The summed E-state index contributed by atoms with van der Waals surface area (Å²) in [6.07, 6.45) is 6.80. The van der Waals surface area contributed by atoms with E-state index >= 15 is 0 Å². The quantitative estimate of drug-likeness (QED) is 0.485. The summed E-state index contributed by atoms with van der Waals surface area (Å²) in [4.78, 5) is 11.3. The zero-order valence-electron chi connectivity index (χ0n) is 8.71. The summed E-state index contributed by atoms with van der Waals surface area (Å²) in [5.41, 5.74) is 0. The van der Waals surface area contributed by atoms with Crippen molar-refractivity contribution >= 4 is 5.97 Å². The maximum Gasteiger partial charge on any atom is 0.309 e. The lowest BCUT2D eigenvalue weighted by molar-refractivity contribution is -0.144. The second-order valence-corrected chi connectivity index (χ2v) is 3.90. The molecule has 13 heavy (non-hydrogen) atoms. The highest BCUT2D eigenvalue weighted by atomic mass is 16.5. The van der Waals surface area contributed by atoms with E-state index in [1.807, 2.05) is 0 Å². The summed E-state index contributed by atoms with van der Waals surface area (Å²) >= 11 is 0. The van der Waals surface area contributed by atoms with E-state index in [-0.39, 0.29) is 18.0 Å². The second kappa shape index (κ2) is 5.25. The van der Waals surface area contributed by atoms with Gasteiger partial charge in [0.2, 0.25) is 0 Å². The predicted octanol–water partition coefficient (Wildman–Crippen LogP) is 2.91. The fraction of sp³-hybridized carbons (Fsp3) is 0.909. The van der Waals surface area contributed by atoms with Crippen LogP contribution in [0.15, 0.2) is 0 Å². The zero-order valence-corrected chi connectivity index (χ0v) is 8.71. The van der Waals surface area contributed by atoms with Gasteiger partial charge in [-0.3, -0.25) is 4.79 Å². The van der Waals surface area contributed by atoms with Crippen LogP contribution >= 0.6 is 0 Å². The molecule has 1 aliphatic rings. The first-order valence-electron chi connectivity index (χ1n) is 5.48. The molecule has 0 radical (unpaired) electrons. The number of hydrogen-bond acceptors (Lipinski definition) is 2. The van der Waals surface area contributed by atoms with Gasteiger partial charge >= 0.3 is 5.97 Å². The van der Waals surface area contributed by atoms with Crippen molar-refractivity contribution in [3.63, 3.8) is 0 Å². The number of hydrogen-bond donors (Lipinski definition) is 0. The molecule has 1 rings (SSSR count). The molecule has 2 atom stereocenters. The van der Waals surface area contributed by atoms with Crippen molar-refractivity contribution < 1.29 is 9.53 Å². The van der Waals surface area contributed by atoms with Crippen molar-refractivity contribution in [1.82, 2.24) is 0 Å². The molecule has 0 N–H and O–H groups in total. The average Bonchev–Trinajstić information content (AvgIpc) is 2.48. The first-order chi connectivity index (χ1) is 6.27. The monoisotopic (exact) mass is 184 g/mol. The lowest BCUT2D eigenvalue weighted by atomic mass is 9.97. The van der Waals surface area contributed by atoms with Gasteiger partial charge in [0.25, 0.3) is 0 Å². The van der Waals surface area contributed by atoms with Crippen LogP contribution in [0.4, 0.5) is 0 Å². The van der Waals surface area contributed by atoms with E-state index in [2.05, 4.69) is 13.8 Å². The summed E-state index contributed by atoms with van der Waals surface area (Å²) in [6.45, 7) is 4.26. The van der Waals surface area contributed by atoms with Crippen LogP contribution in [0.3, 0.4) is 0 Å². The van der Waals surface area contributed by atoms with Crippen molar-refractivity contribution in [2.45, 2.75) is 58.5 Å². The number of carbonyl (C=O) groups excluding carboxylic acids is 1. The van der Waals surface area contributed by atoms with E-state index in [0.717, 1.165) is 19.3 Å². The molecule has 0 bridgehead atoms. The van der Waals surface area contributed by atoms with Crippen molar-refractivity contribution in [3.05, 3.63) is 0 Å². The summed E-state index contributed by atoms with van der Waals surface area (Å²) in [7, 11) is 0. The summed E-state index contributed by atoms with van der Waals surface area (Å²) < 4.78 is 5.21. The summed E-state index contributed by atoms with van der Waals surface area (Å²) in [5, 5.41) is 0. The molecule has 0 spiro atoms. The number of esters is 1. The van der Waals surface area contributed by atoms with Crippen LogP contribution < -0.4 is 0 Å². The number of carbonyl (C=O) groups is 1. The minimum atomic E-state index is 0.0444. The maximum absolute atomic E-state index is 11.3. The number of ether oxygens (including phenoxy) is 1. The van der Waals surface area contributed by atoms with E-state index in [4.69, 9.17) is 4.74 Å². The van der Waals surface area contributed by atoms with Gasteiger partial charge in [0, 0.05) is 0 Å². The van der Waals surface area contributed by atoms with Crippen molar-refractivity contribution in [1.29, 1.82) is 0 Å². The van der Waals surface area contributed by atoms with E-state index in [9.17, 15) is 4.79 Å². The van der Waals surface area contributed by atoms with Crippen LogP contribution in [0.5, 0.6) is 0 Å². The molecule has 1 fully saturated rings. The zero-order chi connectivity index (χ0) is 9.68. The van der Waals surface area contributed by atoms with Crippen LogP contribution in [-0.4, -0.2) is 12.1 Å². The molecule has 0 aromatic rings. The first kappa shape index (κ1) is 10.6. The van der Waals surface area contributed by atoms with Crippen LogP contribution in [0, 0.1) is 5.92 Å². The van der Waals surface area contributed by atoms with Crippen LogP contribution in [0.1, 0.15) is 52.4 Å². The van der Waals surface area contributed by atoms with E-state index in [1.165, 1.54) is 19.3 Å². The summed E-state index contributed by atoms with van der Waals surface area (Å²) in [6, 6.07) is 0. The number of unbranched alkanes of at least 4 members (excludes halogenated alkanes) is 2. The third-order valence-electron chi connectivity index (χ3n) is 2.78. The van der Waals surface area contributed by atoms with Gasteiger partial charge in [-0.15, -0.1) is 0 Å². The Hall–Kier alpha value is -0.530. The topological polar surface area (TPSA) is 26.3 Å². The van der Waals surface area contributed by atoms with Crippen molar-refractivity contribution in [3.8, 4) is 0 Å². The van der Waals surface area contributed by atoms with Crippen molar-refractivity contribution in [2.75, 3.05) is 0 Å². The Kier molecular flexibility index (Phi) is 4.26. The molecule has 1 aliphatic heterocycles. The highest BCUT2D eigenvalue weighted by molar-refractivity contribution is 5.74. The Morgan fingerprint density at radius 1 is 1.38 bits per heavy atom. The van der Waals surface area contributed by atoms with Crippen LogP contribution in [0.2, 0.25) is 0 Å². The molecule has 1 saturated heterocycles. The smallest absolute Gasteiger partial charge is 0.309 e. The van der Waals surface area contributed by atoms with Gasteiger partial charge in [-0.2, -0.15) is 0 Å². The molecule has 0 aliphatic carbocycles. The van der Waals surface area contributed by atoms with Gasteiger partial charge in [-0.25, -0.2) is 0 Å². The SMILES string of the molecule is CCCCCC1CC(CC)OC1=O. The highest BCUT2D eigenvalue weighted by Gasteiger charge is 2.32. The Balaban J connectivity index is 2.23. The standard InChI is InChI=1S/C11H20O2/c1-3-5-6-7-9-8-10(4-2)13-11(9)12/h9-10H,3-8H2,1-2H3. The van der Waals surface area contributed by atoms with Crippen LogP contribution in [-0.2, 0) is 9.53 Å². The fourth-order valence-electron chi connectivity index (χ4n) is 1.85. The Morgan fingerprint density at radius 3 is 2.69 bits per heavy atom. The van der Waals surface area contributed by atoms with Gasteiger partial charge in [-0.05, 0) is 19.3 Å². The lowest BCUT2D eigenvalue weighted by Crippen LogP contribution is -2.07.